The second-order valence-corrected chi connectivity index (χ2v) is 4.17. The van der Waals surface area contributed by atoms with Gasteiger partial charge >= 0.3 is 5.97 Å². The van der Waals surface area contributed by atoms with Gasteiger partial charge in [-0.1, -0.05) is 6.08 Å². The molecule has 0 unspecified atom stereocenters. The van der Waals surface area contributed by atoms with Crippen molar-refractivity contribution >= 4 is 17.7 Å². The fourth-order valence-corrected chi connectivity index (χ4v) is 1.50. The standard InChI is InChI=1S/C13H17N3O3/c1-4-7-16(9-12(17)18)13(19)10-5-6-11(14-8-10)15(2)3/h4-6,8H,1,7,9H2,2-3H3,(H,17,18). The number of carbonyl (C=O) groups excluding carboxylic acids is 1. The van der Waals surface area contributed by atoms with E-state index in [1.807, 2.05) is 19.0 Å². The number of aromatic nitrogens is 1. The van der Waals surface area contributed by atoms with Crippen LogP contribution in [0.15, 0.2) is 31.0 Å². The molecule has 0 aliphatic carbocycles. The molecular weight excluding hydrogens is 246 g/mol. The zero-order valence-electron chi connectivity index (χ0n) is 11.0. The third kappa shape index (κ3) is 4.09. The number of aliphatic carboxylic acids is 1. The van der Waals surface area contributed by atoms with E-state index in [1.165, 1.54) is 17.2 Å². The number of nitrogens with zero attached hydrogens (tertiary/aromatic N) is 3. The van der Waals surface area contributed by atoms with E-state index in [0.717, 1.165) is 5.82 Å². The molecule has 0 saturated heterocycles. The van der Waals surface area contributed by atoms with Gasteiger partial charge in [0.1, 0.15) is 12.4 Å². The van der Waals surface area contributed by atoms with Crippen LogP contribution in [-0.2, 0) is 4.79 Å². The molecule has 0 aliphatic rings. The maximum absolute atomic E-state index is 12.1. The number of carboxylic acid groups (broad SMARTS) is 1. The molecule has 1 aromatic heterocycles. The van der Waals surface area contributed by atoms with E-state index in [2.05, 4.69) is 11.6 Å². The van der Waals surface area contributed by atoms with Crippen molar-refractivity contribution in [2.75, 3.05) is 32.1 Å². The Bertz CT molecular complexity index is 469. The highest BCUT2D eigenvalue weighted by molar-refractivity contribution is 5.95. The van der Waals surface area contributed by atoms with Crippen LogP contribution in [0.2, 0.25) is 0 Å². The first kappa shape index (κ1) is 14.7. The minimum atomic E-state index is -1.06. The molecule has 0 radical (unpaired) electrons. The van der Waals surface area contributed by atoms with Crippen molar-refractivity contribution in [3.05, 3.63) is 36.5 Å². The van der Waals surface area contributed by atoms with Gasteiger partial charge in [0.2, 0.25) is 0 Å². The topological polar surface area (TPSA) is 73.7 Å². The van der Waals surface area contributed by atoms with E-state index in [-0.39, 0.29) is 19.0 Å². The average Bonchev–Trinajstić information content (AvgIpc) is 2.37. The van der Waals surface area contributed by atoms with Crippen molar-refractivity contribution in [1.82, 2.24) is 9.88 Å². The molecule has 1 aromatic rings. The number of rotatable bonds is 6. The van der Waals surface area contributed by atoms with Crippen molar-refractivity contribution < 1.29 is 14.7 Å². The van der Waals surface area contributed by atoms with E-state index in [1.54, 1.807) is 12.1 Å². The van der Waals surface area contributed by atoms with Crippen LogP contribution >= 0.6 is 0 Å². The largest absolute Gasteiger partial charge is 0.480 e. The maximum atomic E-state index is 12.1. The van der Waals surface area contributed by atoms with Gasteiger partial charge < -0.3 is 14.9 Å². The third-order valence-corrected chi connectivity index (χ3v) is 2.42. The van der Waals surface area contributed by atoms with Crippen LogP contribution in [0.3, 0.4) is 0 Å². The van der Waals surface area contributed by atoms with Gasteiger partial charge in [-0.05, 0) is 12.1 Å². The smallest absolute Gasteiger partial charge is 0.323 e. The second kappa shape index (κ2) is 6.53. The number of amides is 1. The summed E-state index contributed by atoms with van der Waals surface area (Å²) in [5.74, 6) is -0.710. The number of pyridine rings is 1. The molecule has 1 rings (SSSR count). The minimum absolute atomic E-state index is 0.181. The highest BCUT2D eigenvalue weighted by Gasteiger charge is 2.17. The molecule has 19 heavy (non-hydrogen) atoms. The molecule has 0 aromatic carbocycles. The van der Waals surface area contributed by atoms with Crippen molar-refractivity contribution in [3.63, 3.8) is 0 Å². The summed E-state index contributed by atoms with van der Waals surface area (Å²) < 4.78 is 0. The number of carbonyl (C=O) groups is 2. The fourth-order valence-electron chi connectivity index (χ4n) is 1.50. The van der Waals surface area contributed by atoms with Crippen molar-refractivity contribution in [3.8, 4) is 0 Å². The molecule has 0 spiro atoms. The van der Waals surface area contributed by atoms with Crippen LogP contribution in [-0.4, -0.2) is 54.1 Å². The first-order valence-corrected chi connectivity index (χ1v) is 5.71. The first-order valence-electron chi connectivity index (χ1n) is 5.71. The van der Waals surface area contributed by atoms with E-state index >= 15 is 0 Å². The summed E-state index contributed by atoms with van der Waals surface area (Å²) in [6, 6.07) is 3.34. The average molecular weight is 263 g/mol. The number of carboxylic acids is 1. The Labute approximate surface area is 112 Å². The molecule has 102 valence electrons. The highest BCUT2D eigenvalue weighted by atomic mass is 16.4. The predicted molar refractivity (Wildman–Crippen MR) is 72.3 cm³/mol. The molecule has 0 atom stereocenters. The quantitative estimate of drug-likeness (QED) is 0.771. The molecule has 0 aliphatic heterocycles. The molecule has 1 N–H and O–H groups in total. The van der Waals surface area contributed by atoms with Crippen LogP contribution < -0.4 is 4.90 Å². The van der Waals surface area contributed by atoms with Crippen molar-refractivity contribution in [1.29, 1.82) is 0 Å². The van der Waals surface area contributed by atoms with E-state index in [0.29, 0.717) is 5.56 Å². The lowest BCUT2D eigenvalue weighted by Crippen LogP contribution is -2.35. The molecular formula is C13H17N3O3. The maximum Gasteiger partial charge on any atom is 0.323 e. The summed E-state index contributed by atoms with van der Waals surface area (Å²) in [6.45, 7) is 3.33. The second-order valence-electron chi connectivity index (χ2n) is 4.17. The zero-order valence-corrected chi connectivity index (χ0v) is 11.0. The Hall–Kier alpha value is -2.37. The van der Waals surface area contributed by atoms with Crippen molar-refractivity contribution in [2.45, 2.75) is 0 Å². The SMILES string of the molecule is C=CCN(CC(=O)O)C(=O)c1ccc(N(C)C)nc1. The predicted octanol–water partition coefficient (Wildman–Crippen LogP) is 0.860. The summed E-state index contributed by atoms with van der Waals surface area (Å²) >= 11 is 0. The normalized spacial score (nSPS) is 9.79. The summed E-state index contributed by atoms with van der Waals surface area (Å²) in [6.07, 6.45) is 2.93. The molecule has 1 amide bonds. The van der Waals surface area contributed by atoms with Gasteiger partial charge in [-0.25, -0.2) is 4.98 Å². The van der Waals surface area contributed by atoms with E-state index in [4.69, 9.17) is 5.11 Å². The van der Waals surface area contributed by atoms with Gasteiger partial charge in [-0.3, -0.25) is 9.59 Å². The Balaban J connectivity index is 2.89. The van der Waals surface area contributed by atoms with Crippen LogP contribution in [0.5, 0.6) is 0 Å². The Morgan fingerprint density at radius 3 is 2.53 bits per heavy atom. The van der Waals surface area contributed by atoms with Crippen LogP contribution in [0.25, 0.3) is 0 Å². The molecule has 6 heteroatoms. The lowest BCUT2D eigenvalue weighted by Gasteiger charge is -2.19. The Morgan fingerprint density at radius 2 is 2.11 bits per heavy atom. The van der Waals surface area contributed by atoms with Gasteiger partial charge in [0.05, 0.1) is 5.56 Å². The minimum Gasteiger partial charge on any atom is -0.480 e. The summed E-state index contributed by atoms with van der Waals surface area (Å²) in [7, 11) is 3.69. The van der Waals surface area contributed by atoms with Gasteiger partial charge in [-0.2, -0.15) is 0 Å². The molecule has 6 nitrogen and oxygen atoms in total. The Morgan fingerprint density at radius 1 is 1.42 bits per heavy atom. The monoisotopic (exact) mass is 263 g/mol. The van der Waals surface area contributed by atoms with Gasteiger partial charge in [0.15, 0.2) is 0 Å². The number of anilines is 1. The number of hydrogen-bond donors (Lipinski definition) is 1. The molecule has 0 bridgehead atoms. The fraction of sp³-hybridized carbons (Fsp3) is 0.308. The van der Waals surface area contributed by atoms with E-state index in [9.17, 15) is 9.59 Å². The summed E-state index contributed by atoms with van der Waals surface area (Å²) in [4.78, 5) is 30.0. The van der Waals surface area contributed by atoms with Gasteiger partial charge in [-0.15, -0.1) is 6.58 Å². The number of hydrogen-bond acceptors (Lipinski definition) is 4. The third-order valence-electron chi connectivity index (χ3n) is 2.42. The molecule has 0 fully saturated rings. The van der Waals surface area contributed by atoms with E-state index < -0.39 is 5.97 Å². The summed E-state index contributed by atoms with van der Waals surface area (Å²) in [5, 5.41) is 8.77. The lowest BCUT2D eigenvalue weighted by atomic mass is 10.2. The van der Waals surface area contributed by atoms with Crippen LogP contribution in [0, 0.1) is 0 Å². The van der Waals surface area contributed by atoms with Gasteiger partial charge in [0.25, 0.3) is 5.91 Å². The molecule has 0 saturated carbocycles. The van der Waals surface area contributed by atoms with Gasteiger partial charge in [0, 0.05) is 26.8 Å². The summed E-state index contributed by atoms with van der Waals surface area (Å²) in [5.41, 5.74) is 0.355. The lowest BCUT2D eigenvalue weighted by molar-refractivity contribution is -0.137. The zero-order chi connectivity index (χ0) is 14.4. The first-order chi connectivity index (χ1) is 8.95. The molecule has 1 heterocycles. The van der Waals surface area contributed by atoms with Crippen LogP contribution in [0.1, 0.15) is 10.4 Å². The van der Waals surface area contributed by atoms with Crippen LogP contribution in [0.4, 0.5) is 5.82 Å². The Kier molecular flexibility index (Phi) is 5.05. The van der Waals surface area contributed by atoms with Crippen molar-refractivity contribution in [2.24, 2.45) is 0 Å². The highest BCUT2D eigenvalue weighted by Crippen LogP contribution is 2.10.